The standard InChI is InChI=1S/C75H146O17P2/c1-6-10-13-16-19-22-25-28-31-33-39-44-49-54-59-73(78)86-65-71(92-75(80)61-56-51-46-41-36-35-37-42-47-52-57-68(5)9-4)67-90-94(83,84)88-63-69(76)62-87-93(81,82)89-66-70(91-74(79)60-55-50-45-40-34-30-27-24-21-18-15-12-8-3)64-85-72(77)58-53-48-43-38-32-29-26-23-20-17-14-11-7-2/h68-71,76H,6-67H2,1-5H3,(H,81,82)(H,83,84)/t68?,69-,70+,71+/m0/s1. The van der Waals surface area contributed by atoms with Crippen molar-refractivity contribution in [1.82, 2.24) is 0 Å². The Bertz CT molecular complexity index is 1810. The highest BCUT2D eigenvalue weighted by molar-refractivity contribution is 7.47. The molecule has 0 fully saturated rings. The lowest BCUT2D eigenvalue weighted by atomic mass is 9.99. The average Bonchev–Trinajstić information content (AvgIpc) is 1.49. The van der Waals surface area contributed by atoms with E-state index >= 15 is 0 Å². The predicted molar refractivity (Wildman–Crippen MR) is 382 cm³/mol. The molecule has 0 rings (SSSR count). The molecule has 94 heavy (non-hydrogen) atoms. The highest BCUT2D eigenvalue weighted by Crippen LogP contribution is 2.45. The Hall–Kier alpha value is -1.94. The summed E-state index contributed by atoms with van der Waals surface area (Å²) in [6.45, 7) is 7.32. The molecule has 3 N–H and O–H groups in total. The Morgan fingerprint density at radius 2 is 0.511 bits per heavy atom. The number of aliphatic hydroxyl groups is 1. The zero-order valence-corrected chi connectivity index (χ0v) is 62.9. The molecule has 0 heterocycles. The summed E-state index contributed by atoms with van der Waals surface area (Å²) in [6.07, 6.45) is 56.5. The van der Waals surface area contributed by atoms with Crippen molar-refractivity contribution < 1.29 is 80.2 Å². The van der Waals surface area contributed by atoms with E-state index in [1.54, 1.807) is 0 Å². The van der Waals surface area contributed by atoms with Gasteiger partial charge in [0, 0.05) is 25.7 Å². The molecule has 0 saturated carbocycles. The van der Waals surface area contributed by atoms with Gasteiger partial charge in [0.2, 0.25) is 0 Å². The first-order valence-corrected chi connectivity index (χ1v) is 42.2. The van der Waals surface area contributed by atoms with Gasteiger partial charge in [0.05, 0.1) is 26.4 Å². The number of phosphoric ester groups is 2. The second kappa shape index (κ2) is 68.2. The van der Waals surface area contributed by atoms with Crippen molar-refractivity contribution in [3.63, 3.8) is 0 Å². The summed E-state index contributed by atoms with van der Waals surface area (Å²) in [5.41, 5.74) is 0. The van der Waals surface area contributed by atoms with Crippen molar-refractivity contribution in [2.45, 2.75) is 412 Å². The average molecular weight is 1380 g/mol. The number of phosphoric acid groups is 2. The first kappa shape index (κ1) is 92.1. The second-order valence-corrected chi connectivity index (χ2v) is 30.2. The molecule has 0 aromatic carbocycles. The molecule has 6 atom stereocenters. The summed E-state index contributed by atoms with van der Waals surface area (Å²) in [4.78, 5) is 72.8. The van der Waals surface area contributed by atoms with Crippen molar-refractivity contribution in [2.24, 2.45) is 5.92 Å². The van der Waals surface area contributed by atoms with Gasteiger partial charge in [-0.1, -0.05) is 343 Å². The van der Waals surface area contributed by atoms with Crippen LogP contribution in [-0.2, 0) is 65.4 Å². The number of rotatable bonds is 75. The molecule has 0 saturated heterocycles. The lowest BCUT2D eigenvalue weighted by Crippen LogP contribution is -2.30. The van der Waals surface area contributed by atoms with E-state index < -0.39 is 97.5 Å². The highest BCUT2D eigenvalue weighted by atomic mass is 31.2. The molecule has 0 amide bonds. The van der Waals surface area contributed by atoms with E-state index in [1.165, 1.54) is 218 Å². The minimum atomic E-state index is -4.96. The number of ether oxygens (including phenoxy) is 4. The molecule has 0 spiro atoms. The van der Waals surface area contributed by atoms with Crippen LogP contribution < -0.4 is 0 Å². The molecule has 0 aromatic heterocycles. The molecule has 558 valence electrons. The van der Waals surface area contributed by atoms with Crippen molar-refractivity contribution in [3.05, 3.63) is 0 Å². The maximum atomic E-state index is 13.1. The summed E-state index contributed by atoms with van der Waals surface area (Å²) in [6, 6.07) is 0. The van der Waals surface area contributed by atoms with Crippen molar-refractivity contribution in [2.75, 3.05) is 39.6 Å². The predicted octanol–water partition coefficient (Wildman–Crippen LogP) is 22.1. The highest BCUT2D eigenvalue weighted by Gasteiger charge is 2.30. The molecular formula is C75H146O17P2. The number of esters is 4. The molecule has 0 aliphatic heterocycles. The molecule has 0 aliphatic carbocycles. The van der Waals surface area contributed by atoms with Gasteiger partial charge in [-0.25, -0.2) is 9.13 Å². The van der Waals surface area contributed by atoms with E-state index in [2.05, 4.69) is 34.6 Å². The third-order valence-corrected chi connectivity index (χ3v) is 19.8. The summed E-state index contributed by atoms with van der Waals surface area (Å²) >= 11 is 0. The Morgan fingerprint density at radius 1 is 0.298 bits per heavy atom. The van der Waals surface area contributed by atoms with Crippen LogP contribution in [0.5, 0.6) is 0 Å². The molecule has 0 radical (unpaired) electrons. The molecule has 0 bridgehead atoms. The fourth-order valence-electron chi connectivity index (χ4n) is 11.5. The number of carbonyl (C=O) groups excluding carboxylic acids is 4. The Labute approximate surface area is 575 Å². The van der Waals surface area contributed by atoms with Crippen molar-refractivity contribution in [3.8, 4) is 0 Å². The second-order valence-electron chi connectivity index (χ2n) is 27.3. The molecule has 19 heteroatoms. The number of unbranched alkanes of at least 4 members (excludes halogenated alkanes) is 46. The summed E-state index contributed by atoms with van der Waals surface area (Å²) in [5, 5.41) is 10.6. The zero-order valence-electron chi connectivity index (χ0n) is 61.1. The monoisotopic (exact) mass is 1380 g/mol. The van der Waals surface area contributed by atoms with E-state index in [9.17, 15) is 43.2 Å². The van der Waals surface area contributed by atoms with E-state index in [-0.39, 0.29) is 25.7 Å². The SMILES string of the molecule is CCCCCCCCCCCCCCCCC(=O)OC[C@H](COP(=O)(O)OC[C@@H](O)COP(=O)(O)OC[C@@H](COC(=O)CCCCCCCCCCCCCCC)OC(=O)CCCCCCCCCCCCCCC)OC(=O)CCCCCCCCCCCCC(C)CC. The minimum Gasteiger partial charge on any atom is -0.462 e. The van der Waals surface area contributed by atoms with Crippen LogP contribution in [0.3, 0.4) is 0 Å². The van der Waals surface area contributed by atoms with Crippen LogP contribution in [0, 0.1) is 5.92 Å². The quantitative estimate of drug-likeness (QED) is 0.0222. The topological polar surface area (TPSA) is 237 Å². The van der Waals surface area contributed by atoms with Crippen LogP contribution in [0.4, 0.5) is 0 Å². The van der Waals surface area contributed by atoms with Gasteiger partial charge >= 0.3 is 39.5 Å². The third-order valence-electron chi connectivity index (χ3n) is 17.9. The van der Waals surface area contributed by atoms with Crippen LogP contribution in [0.1, 0.15) is 394 Å². The molecule has 17 nitrogen and oxygen atoms in total. The maximum absolute atomic E-state index is 13.1. The molecular weight excluding hydrogens is 1230 g/mol. The van der Waals surface area contributed by atoms with Gasteiger partial charge in [-0.2, -0.15) is 0 Å². The van der Waals surface area contributed by atoms with E-state index in [4.69, 9.17) is 37.0 Å². The van der Waals surface area contributed by atoms with Gasteiger partial charge in [0.25, 0.3) is 0 Å². The Kier molecular flexibility index (Phi) is 66.8. The van der Waals surface area contributed by atoms with Gasteiger partial charge in [0.1, 0.15) is 19.3 Å². The van der Waals surface area contributed by atoms with Crippen molar-refractivity contribution >= 4 is 39.5 Å². The van der Waals surface area contributed by atoms with Crippen LogP contribution in [-0.4, -0.2) is 96.7 Å². The zero-order chi connectivity index (χ0) is 69.1. The smallest absolute Gasteiger partial charge is 0.462 e. The molecule has 0 aromatic rings. The summed E-state index contributed by atoms with van der Waals surface area (Å²) in [7, 11) is -9.91. The number of hydrogen-bond acceptors (Lipinski definition) is 15. The molecule has 3 unspecified atom stereocenters. The van der Waals surface area contributed by atoms with E-state index in [0.29, 0.717) is 25.7 Å². The fourth-order valence-corrected chi connectivity index (χ4v) is 13.1. The largest absolute Gasteiger partial charge is 0.472 e. The van der Waals surface area contributed by atoms with Crippen molar-refractivity contribution in [1.29, 1.82) is 0 Å². The number of hydrogen-bond donors (Lipinski definition) is 3. The van der Waals surface area contributed by atoms with Crippen LogP contribution in [0.15, 0.2) is 0 Å². The van der Waals surface area contributed by atoms with Gasteiger partial charge in [-0.05, 0) is 31.6 Å². The first-order chi connectivity index (χ1) is 45.6. The fraction of sp³-hybridized carbons (Fsp3) is 0.947. The van der Waals surface area contributed by atoms with Crippen LogP contribution >= 0.6 is 15.6 Å². The Balaban J connectivity index is 5.27. The van der Waals surface area contributed by atoms with E-state index in [1.807, 2.05) is 0 Å². The van der Waals surface area contributed by atoms with Gasteiger partial charge < -0.3 is 33.8 Å². The molecule has 0 aliphatic rings. The Morgan fingerprint density at radius 3 is 0.755 bits per heavy atom. The minimum absolute atomic E-state index is 0.107. The summed E-state index contributed by atoms with van der Waals surface area (Å²) in [5.74, 6) is -1.31. The third kappa shape index (κ3) is 67.3. The van der Waals surface area contributed by atoms with Gasteiger partial charge in [-0.3, -0.25) is 37.3 Å². The lowest BCUT2D eigenvalue weighted by molar-refractivity contribution is -0.161. The number of aliphatic hydroxyl groups excluding tert-OH is 1. The summed E-state index contributed by atoms with van der Waals surface area (Å²) < 4.78 is 68.5. The number of carbonyl (C=O) groups is 4. The van der Waals surface area contributed by atoms with E-state index in [0.717, 1.165) is 95.8 Å². The lowest BCUT2D eigenvalue weighted by Gasteiger charge is -2.21. The van der Waals surface area contributed by atoms with Gasteiger partial charge in [-0.15, -0.1) is 0 Å². The van der Waals surface area contributed by atoms with Crippen LogP contribution in [0.25, 0.3) is 0 Å². The van der Waals surface area contributed by atoms with Gasteiger partial charge in [0.15, 0.2) is 12.2 Å². The first-order valence-electron chi connectivity index (χ1n) is 39.2. The van der Waals surface area contributed by atoms with Crippen LogP contribution in [0.2, 0.25) is 0 Å². The maximum Gasteiger partial charge on any atom is 0.472 e. The normalized spacial score (nSPS) is 14.3.